The quantitative estimate of drug-likeness (QED) is 0.807. The van der Waals surface area contributed by atoms with Gasteiger partial charge in [-0.15, -0.1) is 0 Å². The first-order valence-electron chi connectivity index (χ1n) is 5.65. The summed E-state index contributed by atoms with van der Waals surface area (Å²) in [4.78, 5) is 13.1. The van der Waals surface area contributed by atoms with Crippen LogP contribution in [0.1, 0.15) is 12.0 Å². The number of hydrogen-bond acceptors (Lipinski definition) is 4. The van der Waals surface area contributed by atoms with Crippen molar-refractivity contribution in [3.8, 4) is 11.8 Å². The number of aliphatic hydroxyl groups excluding tert-OH is 1. The minimum atomic E-state index is -0.184. The molecule has 0 fully saturated rings. The van der Waals surface area contributed by atoms with Gasteiger partial charge >= 0.3 is 0 Å². The molecule has 1 N–H and O–H groups in total. The highest BCUT2D eigenvalue weighted by Gasteiger charge is 2.10. The molecule has 0 heterocycles. The van der Waals surface area contributed by atoms with Gasteiger partial charge in [0.25, 0.3) is 5.91 Å². The van der Waals surface area contributed by atoms with Crippen LogP contribution in [0, 0.1) is 11.3 Å². The van der Waals surface area contributed by atoms with E-state index in [4.69, 9.17) is 15.1 Å². The van der Waals surface area contributed by atoms with E-state index in [1.165, 1.54) is 4.90 Å². The van der Waals surface area contributed by atoms with E-state index in [1.54, 1.807) is 31.3 Å². The van der Waals surface area contributed by atoms with Crippen LogP contribution in [0.25, 0.3) is 0 Å². The number of carbonyl (C=O) groups is 1. The predicted molar refractivity (Wildman–Crippen MR) is 66.0 cm³/mol. The lowest BCUT2D eigenvalue weighted by molar-refractivity contribution is -0.132. The molecule has 5 heteroatoms. The minimum absolute atomic E-state index is 0.0513. The van der Waals surface area contributed by atoms with E-state index < -0.39 is 0 Å². The van der Waals surface area contributed by atoms with Crippen molar-refractivity contribution < 1.29 is 14.6 Å². The first kappa shape index (κ1) is 14.0. The molecule has 0 spiro atoms. The van der Waals surface area contributed by atoms with Crippen molar-refractivity contribution in [1.82, 2.24) is 4.90 Å². The van der Waals surface area contributed by atoms with Gasteiger partial charge < -0.3 is 14.7 Å². The van der Waals surface area contributed by atoms with E-state index in [2.05, 4.69) is 0 Å². The summed E-state index contributed by atoms with van der Waals surface area (Å²) in [6, 6.07) is 8.77. The Morgan fingerprint density at radius 3 is 2.89 bits per heavy atom. The molecule has 0 bridgehead atoms. The third kappa shape index (κ3) is 4.07. The monoisotopic (exact) mass is 248 g/mol. The van der Waals surface area contributed by atoms with E-state index in [9.17, 15) is 4.79 Å². The summed E-state index contributed by atoms with van der Waals surface area (Å²) in [5.41, 5.74) is 0.406. The summed E-state index contributed by atoms with van der Waals surface area (Å²) in [6.45, 7) is 0.426. The number of likely N-dealkylation sites (N-methyl/N-ethyl adjacent to an activating group) is 1. The number of hydrogen-bond donors (Lipinski definition) is 1. The Labute approximate surface area is 106 Å². The van der Waals surface area contributed by atoms with E-state index in [-0.39, 0.29) is 19.1 Å². The first-order chi connectivity index (χ1) is 8.69. The number of carbonyl (C=O) groups excluding carboxylic acids is 1. The number of benzene rings is 1. The van der Waals surface area contributed by atoms with Crippen molar-refractivity contribution in [1.29, 1.82) is 5.26 Å². The van der Waals surface area contributed by atoms with Crippen molar-refractivity contribution in [3.05, 3.63) is 29.8 Å². The molecule has 0 radical (unpaired) electrons. The molecule has 0 aromatic heterocycles. The van der Waals surface area contributed by atoms with Crippen molar-refractivity contribution in [2.24, 2.45) is 0 Å². The van der Waals surface area contributed by atoms with Crippen LogP contribution in [-0.2, 0) is 4.79 Å². The number of nitrogens with zero attached hydrogens (tertiary/aromatic N) is 2. The van der Waals surface area contributed by atoms with Crippen LogP contribution in [0.3, 0.4) is 0 Å². The zero-order chi connectivity index (χ0) is 13.4. The molecule has 0 saturated heterocycles. The van der Waals surface area contributed by atoms with Crippen LogP contribution in [0.4, 0.5) is 0 Å². The minimum Gasteiger partial charge on any atom is -0.482 e. The average Bonchev–Trinajstić information content (AvgIpc) is 2.42. The Hall–Kier alpha value is -2.06. The summed E-state index contributed by atoms with van der Waals surface area (Å²) in [5.74, 6) is 0.222. The molecule has 1 rings (SSSR count). The molecule has 0 aliphatic rings. The maximum Gasteiger partial charge on any atom is 0.260 e. The van der Waals surface area contributed by atoms with Gasteiger partial charge in [0.05, 0.1) is 5.56 Å². The lowest BCUT2D eigenvalue weighted by Crippen LogP contribution is -2.32. The average molecular weight is 248 g/mol. The number of amides is 1. The van der Waals surface area contributed by atoms with Gasteiger partial charge in [-0.3, -0.25) is 4.79 Å². The van der Waals surface area contributed by atoms with Crippen LogP contribution in [-0.4, -0.2) is 42.7 Å². The molecule has 18 heavy (non-hydrogen) atoms. The Kier molecular flexibility index (Phi) is 5.68. The topological polar surface area (TPSA) is 73.6 Å². The molecule has 0 atom stereocenters. The zero-order valence-electron chi connectivity index (χ0n) is 10.3. The third-order valence-electron chi connectivity index (χ3n) is 2.44. The SMILES string of the molecule is CN(CCCO)C(=O)COc1ccccc1C#N. The van der Waals surface area contributed by atoms with Crippen LogP contribution in [0.2, 0.25) is 0 Å². The van der Waals surface area contributed by atoms with Gasteiger partial charge in [0.15, 0.2) is 6.61 Å². The normalized spacial score (nSPS) is 9.61. The molecule has 0 aliphatic carbocycles. The molecule has 96 valence electrons. The van der Waals surface area contributed by atoms with Gasteiger partial charge in [0.2, 0.25) is 0 Å². The largest absolute Gasteiger partial charge is 0.482 e. The number of aliphatic hydroxyl groups is 1. The van der Waals surface area contributed by atoms with Crippen LogP contribution in [0.15, 0.2) is 24.3 Å². The predicted octanol–water partition coefficient (Wildman–Crippen LogP) is 0.778. The van der Waals surface area contributed by atoms with Gasteiger partial charge in [-0.1, -0.05) is 12.1 Å². The summed E-state index contributed by atoms with van der Waals surface area (Å²) in [6.07, 6.45) is 0.539. The highest BCUT2D eigenvalue weighted by Crippen LogP contribution is 2.16. The maximum absolute atomic E-state index is 11.7. The Bertz CT molecular complexity index is 440. The number of rotatable bonds is 6. The smallest absolute Gasteiger partial charge is 0.260 e. The van der Waals surface area contributed by atoms with Crippen LogP contribution in [0.5, 0.6) is 5.75 Å². The lowest BCUT2D eigenvalue weighted by Gasteiger charge is -2.17. The van der Waals surface area contributed by atoms with Crippen molar-refractivity contribution in [2.45, 2.75) is 6.42 Å². The first-order valence-corrected chi connectivity index (χ1v) is 5.65. The summed E-state index contributed by atoms with van der Waals surface area (Å²) >= 11 is 0. The van der Waals surface area contributed by atoms with Gasteiger partial charge in [0.1, 0.15) is 11.8 Å². The van der Waals surface area contributed by atoms with Crippen molar-refractivity contribution >= 4 is 5.91 Å². The van der Waals surface area contributed by atoms with Crippen molar-refractivity contribution in [2.75, 3.05) is 26.8 Å². The molecular weight excluding hydrogens is 232 g/mol. The molecule has 1 aromatic rings. The van der Waals surface area contributed by atoms with Gasteiger partial charge in [-0.2, -0.15) is 5.26 Å². The standard InChI is InChI=1S/C13H16N2O3/c1-15(7-4-8-16)13(17)10-18-12-6-3-2-5-11(12)9-14/h2-3,5-6,16H,4,7-8,10H2,1H3. The molecule has 1 amide bonds. The number of nitriles is 1. The summed E-state index contributed by atoms with van der Waals surface area (Å²) < 4.78 is 5.31. The highest BCUT2D eigenvalue weighted by molar-refractivity contribution is 5.77. The fourth-order valence-corrected chi connectivity index (χ4v) is 1.37. The van der Waals surface area contributed by atoms with E-state index in [0.717, 1.165) is 0 Å². The highest BCUT2D eigenvalue weighted by atomic mass is 16.5. The van der Waals surface area contributed by atoms with Crippen molar-refractivity contribution in [3.63, 3.8) is 0 Å². The third-order valence-corrected chi connectivity index (χ3v) is 2.44. The second-order valence-electron chi connectivity index (χ2n) is 3.79. The number of para-hydroxylation sites is 1. The Morgan fingerprint density at radius 2 is 2.22 bits per heavy atom. The molecule has 0 saturated carbocycles. The van der Waals surface area contributed by atoms with E-state index in [1.807, 2.05) is 6.07 Å². The summed E-state index contributed by atoms with van der Waals surface area (Å²) in [5, 5.41) is 17.5. The van der Waals surface area contributed by atoms with Gasteiger partial charge in [0, 0.05) is 20.2 Å². The molecule has 0 aliphatic heterocycles. The maximum atomic E-state index is 11.7. The molecule has 0 unspecified atom stereocenters. The molecule has 5 nitrogen and oxygen atoms in total. The second kappa shape index (κ2) is 7.30. The van der Waals surface area contributed by atoms with E-state index >= 15 is 0 Å². The van der Waals surface area contributed by atoms with E-state index in [0.29, 0.717) is 24.3 Å². The fraction of sp³-hybridized carbons (Fsp3) is 0.385. The van der Waals surface area contributed by atoms with Crippen LogP contribution >= 0.6 is 0 Å². The van der Waals surface area contributed by atoms with Gasteiger partial charge in [-0.25, -0.2) is 0 Å². The second-order valence-corrected chi connectivity index (χ2v) is 3.79. The molecular formula is C13H16N2O3. The zero-order valence-corrected chi connectivity index (χ0v) is 10.3. The summed E-state index contributed by atoms with van der Waals surface area (Å²) in [7, 11) is 1.65. The van der Waals surface area contributed by atoms with Crippen LogP contribution < -0.4 is 4.74 Å². The van der Waals surface area contributed by atoms with Gasteiger partial charge in [-0.05, 0) is 18.6 Å². The lowest BCUT2D eigenvalue weighted by atomic mass is 10.2. The Balaban J connectivity index is 2.50. The fourth-order valence-electron chi connectivity index (χ4n) is 1.37. The Morgan fingerprint density at radius 1 is 1.50 bits per heavy atom. The number of ether oxygens (including phenoxy) is 1. The molecule has 1 aromatic carbocycles.